The molecule has 1 atom stereocenters. The van der Waals surface area contributed by atoms with Crippen LogP contribution in [0.25, 0.3) is 0 Å². The van der Waals surface area contributed by atoms with Crippen LogP contribution in [0, 0.1) is 0 Å². The van der Waals surface area contributed by atoms with E-state index >= 15 is 0 Å². The highest BCUT2D eigenvalue weighted by Crippen LogP contribution is 2.18. The zero-order valence-corrected chi connectivity index (χ0v) is 13.7. The fourth-order valence-corrected chi connectivity index (χ4v) is 1.99. The lowest BCUT2D eigenvalue weighted by molar-refractivity contribution is -0.125. The molecule has 0 aromatic rings. The molecule has 0 bridgehead atoms. The van der Waals surface area contributed by atoms with Gasteiger partial charge in [0.25, 0.3) is 0 Å². The van der Waals surface area contributed by atoms with Gasteiger partial charge in [0.2, 0.25) is 5.91 Å². The summed E-state index contributed by atoms with van der Waals surface area (Å²) in [5.41, 5.74) is 5.67. The number of nitrogens with one attached hydrogen (secondary N) is 1. The van der Waals surface area contributed by atoms with E-state index in [-0.39, 0.29) is 17.0 Å². The van der Waals surface area contributed by atoms with Crippen LogP contribution in [0.15, 0.2) is 0 Å². The SMILES string of the molecule is CCCN(CC(=O)NC(C)(C)CC)C(C)(CC)CN. The van der Waals surface area contributed by atoms with Crippen LogP contribution in [-0.4, -0.2) is 41.5 Å². The molecule has 19 heavy (non-hydrogen) atoms. The number of rotatable bonds is 9. The fraction of sp³-hybridized carbons (Fsp3) is 0.933. The smallest absolute Gasteiger partial charge is 0.234 e. The van der Waals surface area contributed by atoms with Gasteiger partial charge in [-0.15, -0.1) is 0 Å². The van der Waals surface area contributed by atoms with E-state index in [4.69, 9.17) is 5.73 Å². The molecular weight excluding hydrogens is 238 g/mol. The third-order valence-electron chi connectivity index (χ3n) is 4.15. The van der Waals surface area contributed by atoms with Gasteiger partial charge in [-0.25, -0.2) is 0 Å². The van der Waals surface area contributed by atoms with Crippen molar-refractivity contribution in [1.29, 1.82) is 0 Å². The second-order valence-corrected chi connectivity index (χ2v) is 6.26. The first-order chi connectivity index (χ1) is 8.74. The van der Waals surface area contributed by atoms with Gasteiger partial charge < -0.3 is 11.1 Å². The van der Waals surface area contributed by atoms with Gasteiger partial charge in [0.05, 0.1) is 6.54 Å². The van der Waals surface area contributed by atoms with Crippen LogP contribution in [0.5, 0.6) is 0 Å². The van der Waals surface area contributed by atoms with Crippen LogP contribution >= 0.6 is 0 Å². The van der Waals surface area contributed by atoms with Crippen LogP contribution in [0.4, 0.5) is 0 Å². The minimum absolute atomic E-state index is 0.0911. The first kappa shape index (κ1) is 18.4. The molecular formula is C15H33N3O. The Morgan fingerprint density at radius 2 is 1.74 bits per heavy atom. The standard InChI is InChI=1S/C15H33N3O/c1-7-10-18(15(6,9-3)12-16)11-13(19)17-14(4,5)8-2/h7-12,16H2,1-6H3,(H,17,19). The van der Waals surface area contributed by atoms with Crippen LogP contribution in [0.3, 0.4) is 0 Å². The first-order valence-corrected chi connectivity index (χ1v) is 7.50. The third-order valence-corrected chi connectivity index (χ3v) is 4.15. The largest absolute Gasteiger partial charge is 0.350 e. The third kappa shape index (κ3) is 5.91. The molecule has 0 saturated carbocycles. The van der Waals surface area contributed by atoms with Crippen molar-refractivity contribution in [2.24, 2.45) is 5.73 Å². The Morgan fingerprint density at radius 1 is 1.16 bits per heavy atom. The average molecular weight is 271 g/mol. The quantitative estimate of drug-likeness (QED) is 0.675. The monoisotopic (exact) mass is 271 g/mol. The van der Waals surface area contributed by atoms with Gasteiger partial charge in [-0.3, -0.25) is 9.69 Å². The summed E-state index contributed by atoms with van der Waals surface area (Å²) in [4.78, 5) is 14.4. The van der Waals surface area contributed by atoms with Gasteiger partial charge in [-0.1, -0.05) is 20.8 Å². The minimum Gasteiger partial charge on any atom is -0.350 e. The molecule has 1 amide bonds. The Labute approximate surface area is 119 Å². The van der Waals surface area contributed by atoms with Crippen molar-refractivity contribution in [2.75, 3.05) is 19.6 Å². The molecule has 0 fully saturated rings. The van der Waals surface area contributed by atoms with Crippen molar-refractivity contribution in [3.05, 3.63) is 0 Å². The molecule has 114 valence electrons. The topological polar surface area (TPSA) is 58.4 Å². The minimum atomic E-state index is -0.139. The summed E-state index contributed by atoms with van der Waals surface area (Å²) in [6.45, 7) is 14.5. The molecule has 3 N–H and O–H groups in total. The Balaban J connectivity index is 4.71. The molecule has 0 aliphatic heterocycles. The van der Waals surface area contributed by atoms with E-state index in [9.17, 15) is 4.79 Å². The molecule has 4 heteroatoms. The molecule has 0 aliphatic carbocycles. The summed E-state index contributed by atoms with van der Waals surface area (Å²) in [6, 6.07) is 0. The van der Waals surface area contributed by atoms with Gasteiger partial charge >= 0.3 is 0 Å². The Bertz CT molecular complexity index is 273. The molecule has 0 aliphatic rings. The van der Waals surface area contributed by atoms with E-state index < -0.39 is 0 Å². The summed E-state index contributed by atoms with van der Waals surface area (Å²) in [7, 11) is 0. The molecule has 0 aromatic heterocycles. The number of amides is 1. The second-order valence-electron chi connectivity index (χ2n) is 6.26. The highest BCUT2D eigenvalue weighted by Gasteiger charge is 2.30. The highest BCUT2D eigenvalue weighted by atomic mass is 16.2. The van der Waals surface area contributed by atoms with E-state index in [1.54, 1.807) is 0 Å². The first-order valence-electron chi connectivity index (χ1n) is 7.50. The number of nitrogens with two attached hydrogens (primary N) is 1. The highest BCUT2D eigenvalue weighted by molar-refractivity contribution is 5.78. The van der Waals surface area contributed by atoms with E-state index in [1.807, 2.05) is 0 Å². The molecule has 1 unspecified atom stereocenters. The summed E-state index contributed by atoms with van der Waals surface area (Å²) in [6.07, 6.45) is 2.91. The molecule has 0 rings (SSSR count). The van der Waals surface area contributed by atoms with Crippen molar-refractivity contribution < 1.29 is 4.79 Å². The Hall–Kier alpha value is -0.610. The van der Waals surface area contributed by atoms with Crippen molar-refractivity contribution in [1.82, 2.24) is 10.2 Å². The van der Waals surface area contributed by atoms with E-state index in [0.717, 1.165) is 25.8 Å². The molecule has 0 saturated heterocycles. The van der Waals surface area contributed by atoms with Crippen LogP contribution in [-0.2, 0) is 4.79 Å². The number of nitrogens with zero attached hydrogens (tertiary/aromatic N) is 1. The fourth-order valence-electron chi connectivity index (χ4n) is 1.99. The van der Waals surface area contributed by atoms with Gasteiger partial charge in [-0.05, 0) is 46.6 Å². The molecule has 4 nitrogen and oxygen atoms in total. The zero-order valence-electron chi connectivity index (χ0n) is 13.7. The Kier molecular flexibility index (Phi) is 7.60. The number of carbonyl (C=O) groups excluding carboxylic acids is 1. The maximum atomic E-state index is 12.2. The average Bonchev–Trinajstić information content (AvgIpc) is 2.36. The van der Waals surface area contributed by atoms with Crippen molar-refractivity contribution in [2.45, 2.75) is 71.9 Å². The number of carbonyl (C=O) groups is 1. The lowest BCUT2D eigenvalue weighted by Gasteiger charge is -2.40. The predicted molar refractivity (Wildman–Crippen MR) is 82.1 cm³/mol. The molecule has 0 radical (unpaired) electrons. The number of hydrogen-bond acceptors (Lipinski definition) is 3. The maximum absolute atomic E-state index is 12.2. The van der Waals surface area contributed by atoms with Crippen molar-refractivity contribution >= 4 is 5.91 Å². The van der Waals surface area contributed by atoms with E-state index in [2.05, 4.69) is 51.8 Å². The lowest BCUT2D eigenvalue weighted by Crippen LogP contribution is -2.56. The van der Waals surface area contributed by atoms with Gasteiger partial charge in [0.15, 0.2) is 0 Å². The van der Waals surface area contributed by atoms with E-state index in [1.165, 1.54) is 0 Å². The number of hydrogen-bond donors (Lipinski definition) is 2. The van der Waals surface area contributed by atoms with Gasteiger partial charge in [0, 0.05) is 17.6 Å². The summed E-state index contributed by atoms with van der Waals surface area (Å²) >= 11 is 0. The lowest BCUT2D eigenvalue weighted by atomic mass is 9.95. The van der Waals surface area contributed by atoms with E-state index in [0.29, 0.717) is 13.1 Å². The van der Waals surface area contributed by atoms with Crippen molar-refractivity contribution in [3.8, 4) is 0 Å². The summed E-state index contributed by atoms with van der Waals surface area (Å²) in [5.74, 6) is 0.0911. The molecule has 0 aromatic carbocycles. The van der Waals surface area contributed by atoms with Crippen LogP contribution < -0.4 is 11.1 Å². The maximum Gasteiger partial charge on any atom is 0.234 e. The van der Waals surface area contributed by atoms with Crippen LogP contribution in [0.2, 0.25) is 0 Å². The molecule has 0 heterocycles. The second kappa shape index (κ2) is 7.85. The summed E-state index contributed by atoms with van der Waals surface area (Å²) < 4.78 is 0. The predicted octanol–water partition coefficient (Wildman–Crippen LogP) is 2.13. The normalized spacial score (nSPS) is 15.4. The zero-order chi connectivity index (χ0) is 15.1. The summed E-state index contributed by atoms with van der Waals surface area (Å²) in [5, 5.41) is 3.09. The van der Waals surface area contributed by atoms with Crippen molar-refractivity contribution in [3.63, 3.8) is 0 Å². The van der Waals surface area contributed by atoms with Gasteiger partial charge in [-0.2, -0.15) is 0 Å². The van der Waals surface area contributed by atoms with Gasteiger partial charge in [0.1, 0.15) is 0 Å². The van der Waals surface area contributed by atoms with Crippen LogP contribution in [0.1, 0.15) is 60.8 Å². The Morgan fingerprint density at radius 3 is 2.11 bits per heavy atom. The molecule has 0 spiro atoms.